The van der Waals surface area contributed by atoms with Gasteiger partial charge in [0.2, 0.25) is 0 Å². The van der Waals surface area contributed by atoms with Crippen molar-refractivity contribution in [3.63, 3.8) is 0 Å². The van der Waals surface area contributed by atoms with Crippen LogP contribution in [-0.4, -0.2) is 33.4 Å². The number of rotatable bonds is 8. The first-order valence-corrected chi connectivity index (χ1v) is 12.0. The number of H-pyrrole nitrogens is 1. The smallest absolute Gasteiger partial charge is 0.271 e. The van der Waals surface area contributed by atoms with Gasteiger partial charge in [-0.25, -0.2) is 4.98 Å². The van der Waals surface area contributed by atoms with Crippen LogP contribution in [0.4, 0.5) is 15.8 Å². The lowest BCUT2D eigenvalue weighted by Crippen LogP contribution is -2.23. The molecule has 0 saturated heterocycles. The molecule has 0 radical (unpaired) electrons. The Morgan fingerprint density at radius 2 is 2.06 bits per heavy atom. The number of halogens is 1. The zero-order valence-electron chi connectivity index (χ0n) is 18.4. The average molecular weight is 507 g/mol. The van der Waals surface area contributed by atoms with Gasteiger partial charge >= 0.3 is 0 Å². The highest BCUT2D eigenvalue weighted by Crippen LogP contribution is 2.31. The summed E-state index contributed by atoms with van der Waals surface area (Å²) >= 11 is 8.40. The number of aliphatic imine (C=N–C) groups is 1. The van der Waals surface area contributed by atoms with E-state index < -0.39 is 5.91 Å². The third-order valence-electron chi connectivity index (χ3n) is 4.56. The SMILES string of the molecule is CC(=O)c1ccc(Cl)c(NC(=O)c2cnc(Nc3s[nH]c(=O)c3C(N)=NCC(C)C)s2)c1C. The second kappa shape index (κ2) is 10.3. The third kappa shape index (κ3) is 5.67. The summed E-state index contributed by atoms with van der Waals surface area (Å²) in [4.78, 5) is 45.6. The first-order valence-electron chi connectivity index (χ1n) is 9.94. The summed E-state index contributed by atoms with van der Waals surface area (Å²) in [5, 5.41) is 6.97. The second-order valence-corrected chi connectivity index (χ2v) is 9.87. The number of ketones is 1. The number of hydrogen-bond acceptors (Lipinski definition) is 8. The topological polar surface area (TPSA) is 142 Å². The number of nitrogens with one attached hydrogen (secondary N) is 3. The molecule has 0 unspecified atom stereocenters. The van der Waals surface area contributed by atoms with Crippen LogP contribution < -0.4 is 21.9 Å². The summed E-state index contributed by atoms with van der Waals surface area (Å²) in [7, 11) is 0. The van der Waals surface area contributed by atoms with Crippen molar-refractivity contribution < 1.29 is 9.59 Å². The standard InChI is InChI=1S/C21H23ClN6O3S2/c1-9(2)7-24-17(23)15-19(31)28-33-20(15)27-21-25-8-14(32-21)18(30)26-16-10(3)12(11(4)29)5-6-13(16)22/h5-6,8-9H,7H2,1-4H3,(H2,23,24)(H,25,27)(H,26,30)(H,28,31). The van der Waals surface area contributed by atoms with Gasteiger partial charge in [-0.05, 0) is 49.0 Å². The van der Waals surface area contributed by atoms with Gasteiger partial charge in [0.25, 0.3) is 11.5 Å². The van der Waals surface area contributed by atoms with Crippen LogP contribution in [0.2, 0.25) is 5.02 Å². The molecule has 3 rings (SSSR count). The lowest BCUT2D eigenvalue weighted by Gasteiger charge is -2.12. The molecule has 0 atom stereocenters. The molecule has 0 aliphatic heterocycles. The summed E-state index contributed by atoms with van der Waals surface area (Å²) in [6.45, 7) is 7.67. The molecule has 0 aliphatic carbocycles. The molecular formula is C21H23ClN6O3S2. The maximum Gasteiger partial charge on any atom is 0.271 e. The largest absolute Gasteiger partial charge is 0.383 e. The van der Waals surface area contributed by atoms with Crippen molar-refractivity contribution in [2.24, 2.45) is 16.6 Å². The van der Waals surface area contributed by atoms with Gasteiger partial charge in [0, 0.05) is 12.1 Å². The van der Waals surface area contributed by atoms with E-state index >= 15 is 0 Å². The molecule has 33 heavy (non-hydrogen) atoms. The van der Waals surface area contributed by atoms with Crippen LogP contribution in [0, 0.1) is 12.8 Å². The van der Waals surface area contributed by atoms with E-state index in [9.17, 15) is 14.4 Å². The first kappa shape index (κ1) is 24.6. The van der Waals surface area contributed by atoms with E-state index in [2.05, 4.69) is 25.0 Å². The fourth-order valence-corrected chi connectivity index (χ4v) is 4.68. The van der Waals surface area contributed by atoms with E-state index in [0.29, 0.717) is 49.3 Å². The molecule has 0 spiro atoms. The van der Waals surface area contributed by atoms with Crippen LogP contribution >= 0.6 is 34.5 Å². The van der Waals surface area contributed by atoms with Crippen molar-refractivity contribution in [3.05, 3.63) is 55.3 Å². The lowest BCUT2D eigenvalue weighted by molar-refractivity contribution is 0.101. The van der Waals surface area contributed by atoms with Crippen molar-refractivity contribution in [2.75, 3.05) is 17.2 Å². The molecule has 2 heterocycles. The number of benzene rings is 1. The number of amides is 1. The van der Waals surface area contributed by atoms with Gasteiger partial charge in [-0.2, -0.15) is 0 Å². The van der Waals surface area contributed by atoms with Gasteiger partial charge in [0.1, 0.15) is 21.3 Å². The van der Waals surface area contributed by atoms with E-state index in [4.69, 9.17) is 17.3 Å². The quantitative estimate of drug-likeness (QED) is 0.202. The van der Waals surface area contributed by atoms with Gasteiger partial charge in [0.15, 0.2) is 10.9 Å². The van der Waals surface area contributed by atoms with Crippen LogP contribution in [0.1, 0.15) is 51.9 Å². The van der Waals surface area contributed by atoms with E-state index in [1.807, 2.05) is 13.8 Å². The summed E-state index contributed by atoms with van der Waals surface area (Å²) in [6, 6.07) is 3.20. The number of aromatic amines is 1. The molecule has 0 saturated carbocycles. The fraction of sp³-hybridized carbons (Fsp3) is 0.286. The number of thiazole rings is 1. The minimum absolute atomic E-state index is 0.124. The predicted molar refractivity (Wildman–Crippen MR) is 135 cm³/mol. The van der Waals surface area contributed by atoms with E-state index in [0.717, 1.165) is 22.9 Å². The molecule has 2 aromatic heterocycles. The van der Waals surface area contributed by atoms with Crippen LogP contribution in [0.25, 0.3) is 0 Å². The van der Waals surface area contributed by atoms with Crippen LogP contribution in [0.15, 0.2) is 28.1 Å². The van der Waals surface area contributed by atoms with Crippen LogP contribution in [0.5, 0.6) is 0 Å². The van der Waals surface area contributed by atoms with Crippen LogP contribution in [0.3, 0.4) is 0 Å². The van der Waals surface area contributed by atoms with Crippen molar-refractivity contribution in [1.82, 2.24) is 9.36 Å². The van der Waals surface area contributed by atoms with Gasteiger partial charge in [0.05, 0.1) is 16.9 Å². The molecular weight excluding hydrogens is 484 g/mol. The molecule has 3 aromatic rings. The van der Waals surface area contributed by atoms with Crippen molar-refractivity contribution in [1.29, 1.82) is 0 Å². The maximum atomic E-state index is 12.8. The second-order valence-electron chi connectivity index (χ2n) is 7.62. The van der Waals surface area contributed by atoms with Gasteiger partial charge < -0.3 is 16.4 Å². The number of nitrogens with two attached hydrogens (primary N) is 1. The Labute approximate surface area is 203 Å². The summed E-state index contributed by atoms with van der Waals surface area (Å²) < 4.78 is 2.63. The molecule has 0 bridgehead atoms. The Kier molecular flexibility index (Phi) is 7.67. The van der Waals surface area contributed by atoms with Crippen LogP contribution in [-0.2, 0) is 0 Å². The van der Waals surface area contributed by atoms with E-state index in [1.54, 1.807) is 19.1 Å². The Balaban J connectivity index is 1.80. The normalized spacial score (nSPS) is 11.6. The number of anilines is 3. The number of carbonyl (C=O) groups is 2. The number of nitrogens with zero attached hydrogens (tertiary/aromatic N) is 2. The molecule has 9 nitrogen and oxygen atoms in total. The van der Waals surface area contributed by atoms with E-state index in [-0.39, 0.29) is 22.7 Å². The van der Waals surface area contributed by atoms with Crippen molar-refractivity contribution in [3.8, 4) is 0 Å². The molecule has 5 N–H and O–H groups in total. The number of Topliss-reactive ketones (excluding diaryl/α,β-unsaturated/α-hetero) is 1. The first-order chi connectivity index (χ1) is 15.6. The monoisotopic (exact) mass is 506 g/mol. The number of amidine groups is 1. The summed E-state index contributed by atoms with van der Waals surface area (Å²) in [5.41, 5.74) is 7.35. The minimum atomic E-state index is -0.424. The third-order valence-corrected chi connectivity index (χ3v) is 6.59. The minimum Gasteiger partial charge on any atom is -0.383 e. The molecule has 0 aliphatic rings. The highest BCUT2D eigenvalue weighted by molar-refractivity contribution is 7.18. The zero-order valence-corrected chi connectivity index (χ0v) is 20.8. The molecule has 12 heteroatoms. The highest BCUT2D eigenvalue weighted by Gasteiger charge is 2.19. The average Bonchev–Trinajstić information content (AvgIpc) is 3.36. The molecule has 0 fully saturated rings. The fourth-order valence-electron chi connectivity index (χ4n) is 2.91. The van der Waals surface area contributed by atoms with Gasteiger partial charge in [-0.1, -0.05) is 36.8 Å². The maximum absolute atomic E-state index is 12.8. The predicted octanol–water partition coefficient (Wildman–Crippen LogP) is 4.41. The lowest BCUT2D eigenvalue weighted by atomic mass is 10.0. The summed E-state index contributed by atoms with van der Waals surface area (Å²) in [5.74, 6) is -0.113. The summed E-state index contributed by atoms with van der Waals surface area (Å²) in [6.07, 6.45) is 1.41. The number of aromatic nitrogens is 2. The Morgan fingerprint density at radius 3 is 2.73 bits per heavy atom. The zero-order chi connectivity index (χ0) is 24.3. The Hall–Kier alpha value is -3.02. The van der Waals surface area contributed by atoms with E-state index in [1.165, 1.54) is 13.1 Å². The van der Waals surface area contributed by atoms with Gasteiger partial charge in [-0.3, -0.25) is 23.7 Å². The number of carbonyl (C=O) groups excluding carboxylic acids is 2. The number of hydrogen-bond donors (Lipinski definition) is 4. The van der Waals surface area contributed by atoms with Crippen molar-refractivity contribution in [2.45, 2.75) is 27.7 Å². The molecule has 174 valence electrons. The molecule has 1 aromatic carbocycles. The Bertz CT molecular complexity index is 1290. The highest BCUT2D eigenvalue weighted by atomic mass is 35.5. The molecule has 1 amide bonds. The Morgan fingerprint density at radius 1 is 1.33 bits per heavy atom. The van der Waals surface area contributed by atoms with Crippen molar-refractivity contribution >= 4 is 67.8 Å². The van der Waals surface area contributed by atoms with Gasteiger partial charge in [-0.15, -0.1) is 0 Å².